The van der Waals surface area contributed by atoms with Gasteiger partial charge in [0, 0.05) is 13.1 Å². The van der Waals surface area contributed by atoms with E-state index in [1.54, 1.807) is 0 Å². The molecule has 84 valence electrons. The van der Waals surface area contributed by atoms with Gasteiger partial charge in [0.2, 0.25) is 5.91 Å². The summed E-state index contributed by atoms with van der Waals surface area (Å²) in [6.45, 7) is 7.74. The van der Waals surface area contributed by atoms with Crippen LogP contribution < -0.4 is 5.01 Å². The number of carbonyl (C=O) groups excluding carboxylic acids is 1. The molecule has 3 heteroatoms. The van der Waals surface area contributed by atoms with Gasteiger partial charge < -0.3 is 0 Å². The van der Waals surface area contributed by atoms with E-state index in [1.165, 1.54) is 16.1 Å². The Morgan fingerprint density at radius 1 is 1.38 bits per heavy atom. The summed E-state index contributed by atoms with van der Waals surface area (Å²) in [7, 11) is 0. The third-order valence-corrected chi connectivity index (χ3v) is 2.99. The number of nitrogens with zero attached hydrogens (tertiary/aromatic N) is 2. The summed E-state index contributed by atoms with van der Waals surface area (Å²) in [5.74, 6) is 0.484. The first-order chi connectivity index (χ1) is 7.63. The molecule has 1 aromatic carbocycles. The van der Waals surface area contributed by atoms with E-state index in [9.17, 15) is 4.79 Å². The number of benzene rings is 1. The van der Waals surface area contributed by atoms with Crippen LogP contribution in [0.25, 0.3) is 0 Å². The second kappa shape index (κ2) is 4.08. The molecular weight excluding hydrogens is 200 g/mol. The minimum Gasteiger partial charge on any atom is -0.273 e. The Morgan fingerprint density at radius 2 is 2.12 bits per heavy atom. The van der Waals surface area contributed by atoms with Crippen LogP contribution in [-0.2, 0) is 11.2 Å². The van der Waals surface area contributed by atoms with Crippen molar-refractivity contribution in [3.05, 3.63) is 29.3 Å². The smallest absolute Gasteiger partial charge is 0.247 e. The van der Waals surface area contributed by atoms with Crippen LogP contribution in [0.5, 0.6) is 0 Å². The van der Waals surface area contributed by atoms with Crippen LogP contribution in [0.4, 0.5) is 5.69 Å². The molecule has 3 nitrogen and oxygen atoms in total. The fourth-order valence-electron chi connectivity index (χ4n) is 1.99. The number of anilines is 1. The summed E-state index contributed by atoms with van der Waals surface area (Å²) in [4.78, 5) is 11.7. The van der Waals surface area contributed by atoms with Crippen LogP contribution in [0.3, 0.4) is 0 Å². The van der Waals surface area contributed by atoms with Gasteiger partial charge in [0.05, 0.1) is 5.69 Å². The molecule has 0 aromatic heterocycles. The van der Waals surface area contributed by atoms with E-state index in [2.05, 4.69) is 37.8 Å². The maximum Gasteiger partial charge on any atom is 0.247 e. The standard InChI is InChI=1S/C13H16N2O/c1-9(2)11-5-4-10-6-7-13(16)15(14-3)12(10)8-11/h4-5,8-9H,3,6-7H2,1-2H3. The van der Waals surface area contributed by atoms with E-state index < -0.39 is 0 Å². The van der Waals surface area contributed by atoms with Crippen LogP contribution in [0.2, 0.25) is 0 Å². The lowest BCUT2D eigenvalue weighted by molar-refractivity contribution is -0.118. The van der Waals surface area contributed by atoms with Gasteiger partial charge in [-0.3, -0.25) is 4.79 Å². The number of rotatable bonds is 2. The van der Waals surface area contributed by atoms with Gasteiger partial charge in [0.25, 0.3) is 0 Å². The molecule has 0 saturated heterocycles. The quantitative estimate of drug-likeness (QED) is 0.699. The largest absolute Gasteiger partial charge is 0.273 e. The summed E-state index contributed by atoms with van der Waals surface area (Å²) in [5.41, 5.74) is 3.30. The predicted octanol–water partition coefficient (Wildman–Crippen LogP) is 2.70. The molecule has 2 rings (SSSR count). The maximum absolute atomic E-state index is 11.7. The number of hydrogen-bond acceptors (Lipinski definition) is 2. The molecule has 0 N–H and O–H groups in total. The summed E-state index contributed by atoms with van der Waals surface area (Å²) in [5, 5.41) is 5.23. The molecular formula is C13H16N2O. The number of amides is 1. The van der Waals surface area contributed by atoms with Crippen LogP contribution in [-0.4, -0.2) is 12.6 Å². The van der Waals surface area contributed by atoms with Crippen LogP contribution in [0, 0.1) is 0 Å². The van der Waals surface area contributed by atoms with Crippen molar-refractivity contribution in [2.75, 3.05) is 5.01 Å². The van der Waals surface area contributed by atoms with Crippen molar-refractivity contribution in [1.29, 1.82) is 0 Å². The maximum atomic E-state index is 11.7. The van der Waals surface area contributed by atoms with Gasteiger partial charge in [0.15, 0.2) is 0 Å². The Labute approximate surface area is 95.8 Å². The minimum absolute atomic E-state index is 0.0309. The van der Waals surface area contributed by atoms with Crippen LogP contribution >= 0.6 is 0 Å². The second-order valence-electron chi connectivity index (χ2n) is 4.39. The predicted molar refractivity (Wildman–Crippen MR) is 65.9 cm³/mol. The molecule has 0 radical (unpaired) electrons. The van der Waals surface area contributed by atoms with Crippen molar-refractivity contribution >= 4 is 18.3 Å². The molecule has 0 spiro atoms. The highest BCUT2D eigenvalue weighted by atomic mass is 16.2. The first kappa shape index (κ1) is 10.9. The lowest BCUT2D eigenvalue weighted by atomic mass is 9.96. The topological polar surface area (TPSA) is 32.7 Å². The van der Waals surface area contributed by atoms with E-state index in [1.807, 2.05) is 6.07 Å². The lowest BCUT2D eigenvalue weighted by Gasteiger charge is -2.25. The fourth-order valence-corrected chi connectivity index (χ4v) is 1.99. The Kier molecular flexibility index (Phi) is 2.77. The van der Waals surface area contributed by atoms with Crippen molar-refractivity contribution in [3.63, 3.8) is 0 Å². The SMILES string of the molecule is C=NN1C(=O)CCc2ccc(C(C)C)cc21. The summed E-state index contributed by atoms with van der Waals surface area (Å²) < 4.78 is 0. The highest BCUT2D eigenvalue weighted by Crippen LogP contribution is 2.31. The summed E-state index contributed by atoms with van der Waals surface area (Å²) in [6, 6.07) is 6.27. The Morgan fingerprint density at radius 3 is 2.75 bits per heavy atom. The number of carbonyl (C=O) groups is 1. The van der Waals surface area contributed by atoms with Crippen LogP contribution in [0.1, 0.15) is 37.3 Å². The first-order valence-electron chi connectivity index (χ1n) is 5.56. The molecule has 0 bridgehead atoms. The van der Waals surface area contributed by atoms with E-state index in [4.69, 9.17) is 0 Å². The van der Waals surface area contributed by atoms with E-state index >= 15 is 0 Å². The zero-order chi connectivity index (χ0) is 11.7. The normalized spacial score (nSPS) is 15.2. The Hall–Kier alpha value is -1.64. The average Bonchev–Trinajstić information content (AvgIpc) is 2.28. The molecule has 1 heterocycles. The van der Waals surface area contributed by atoms with Crippen molar-refractivity contribution in [3.8, 4) is 0 Å². The molecule has 0 saturated carbocycles. The van der Waals surface area contributed by atoms with Gasteiger partial charge >= 0.3 is 0 Å². The van der Waals surface area contributed by atoms with Gasteiger partial charge in [-0.2, -0.15) is 5.10 Å². The number of fused-ring (bicyclic) bond motifs is 1. The van der Waals surface area contributed by atoms with Gasteiger partial charge in [-0.15, -0.1) is 0 Å². The highest BCUT2D eigenvalue weighted by molar-refractivity contribution is 5.96. The zero-order valence-corrected chi connectivity index (χ0v) is 9.73. The van der Waals surface area contributed by atoms with Gasteiger partial charge in [-0.05, 0) is 29.5 Å². The third kappa shape index (κ3) is 1.73. The van der Waals surface area contributed by atoms with Crippen molar-refractivity contribution in [1.82, 2.24) is 0 Å². The van der Waals surface area contributed by atoms with Gasteiger partial charge in [-0.1, -0.05) is 26.0 Å². The molecule has 16 heavy (non-hydrogen) atoms. The number of hydrogen-bond donors (Lipinski definition) is 0. The Bertz CT molecular complexity index is 438. The fraction of sp³-hybridized carbons (Fsp3) is 0.385. The average molecular weight is 216 g/mol. The summed E-state index contributed by atoms with van der Waals surface area (Å²) >= 11 is 0. The molecule has 1 amide bonds. The molecule has 0 unspecified atom stereocenters. The third-order valence-electron chi connectivity index (χ3n) is 2.99. The van der Waals surface area contributed by atoms with Gasteiger partial charge in [-0.25, -0.2) is 5.01 Å². The number of hydrazone groups is 1. The van der Waals surface area contributed by atoms with Gasteiger partial charge in [0.1, 0.15) is 0 Å². The van der Waals surface area contributed by atoms with Crippen molar-refractivity contribution in [2.24, 2.45) is 5.10 Å². The van der Waals surface area contributed by atoms with E-state index in [-0.39, 0.29) is 5.91 Å². The molecule has 1 aliphatic rings. The van der Waals surface area contributed by atoms with E-state index in [0.29, 0.717) is 12.3 Å². The molecule has 0 atom stereocenters. The minimum atomic E-state index is 0.0309. The molecule has 1 aliphatic heterocycles. The lowest BCUT2D eigenvalue weighted by Crippen LogP contribution is -2.30. The van der Waals surface area contributed by atoms with Crippen molar-refractivity contribution in [2.45, 2.75) is 32.6 Å². The molecule has 1 aromatic rings. The monoisotopic (exact) mass is 216 g/mol. The second-order valence-corrected chi connectivity index (χ2v) is 4.39. The van der Waals surface area contributed by atoms with E-state index in [0.717, 1.165) is 12.1 Å². The first-order valence-corrected chi connectivity index (χ1v) is 5.56. The molecule has 0 aliphatic carbocycles. The molecule has 0 fully saturated rings. The number of aryl methyl sites for hydroxylation is 1. The van der Waals surface area contributed by atoms with Crippen LogP contribution in [0.15, 0.2) is 23.3 Å². The van der Waals surface area contributed by atoms with Crippen molar-refractivity contribution < 1.29 is 4.79 Å². The summed E-state index contributed by atoms with van der Waals surface area (Å²) in [6.07, 6.45) is 1.33. The Balaban J connectivity index is 2.49. The highest BCUT2D eigenvalue weighted by Gasteiger charge is 2.23. The zero-order valence-electron chi connectivity index (χ0n) is 9.73.